The van der Waals surface area contributed by atoms with Crippen molar-refractivity contribution < 1.29 is 14.3 Å². The van der Waals surface area contributed by atoms with E-state index in [0.717, 1.165) is 4.47 Å². The van der Waals surface area contributed by atoms with Crippen molar-refractivity contribution in [2.45, 2.75) is 26.8 Å². The zero-order chi connectivity index (χ0) is 20.7. The van der Waals surface area contributed by atoms with Crippen molar-refractivity contribution in [3.63, 3.8) is 0 Å². The van der Waals surface area contributed by atoms with Crippen molar-refractivity contribution in [1.29, 1.82) is 0 Å². The van der Waals surface area contributed by atoms with Crippen LogP contribution in [0.4, 0.5) is 5.69 Å². The van der Waals surface area contributed by atoms with Gasteiger partial charge in [0.25, 0.3) is 11.8 Å². The number of anilines is 1. The lowest BCUT2D eigenvalue weighted by Crippen LogP contribution is -2.36. The van der Waals surface area contributed by atoms with Gasteiger partial charge in [0.2, 0.25) is 0 Å². The average Bonchev–Trinajstić information content (AvgIpc) is 2.63. The van der Waals surface area contributed by atoms with Gasteiger partial charge in [-0.3, -0.25) is 14.9 Å². The fourth-order valence-corrected chi connectivity index (χ4v) is 2.98. The molecule has 0 atom stereocenters. The molecule has 0 saturated carbocycles. The highest BCUT2D eigenvalue weighted by Gasteiger charge is 2.17. The minimum absolute atomic E-state index is 0.000671. The molecule has 2 amide bonds. The lowest BCUT2D eigenvalue weighted by atomic mass is 10.1. The van der Waals surface area contributed by atoms with Crippen LogP contribution >= 0.6 is 28.1 Å². The number of rotatable bonds is 6. The van der Waals surface area contributed by atoms with E-state index in [1.54, 1.807) is 42.5 Å². The molecule has 8 heteroatoms. The lowest BCUT2D eigenvalue weighted by molar-refractivity contribution is 0.0942. The van der Waals surface area contributed by atoms with E-state index in [1.165, 1.54) is 0 Å². The summed E-state index contributed by atoms with van der Waals surface area (Å²) in [6.07, 6.45) is 0. The summed E-state index contributed by atoms with van der Waals surface area (Å²) in [5.74, 6) is -0.174. The van der Waals surface area contributed by atoms with E-state index in [0.29, 0.717) is 29.2 Å². The highest BCUT2D eigenvalue weighted by atomic mass is 79.9. The molecular weight excluding hydrogens is 442 g/mol. The molecule has 0 spiro atoms. The monoisotopic (exact) mass is 463 g/mol. The number of hydrogen-bond donors (Lipinski definition) is 3. The molecule has 0 fully saturated rings. The predicted molar refractivity (Wildman–Crippen MR) is 118 cm³/mol. The molecule has 0 radical (unpaired) electrons. The maximum absolute atomic E-state index is 12.6. The van der Waals surface area contributed by atoms with Gasteiger partial charge >= 0.3 is 0 Å². The molecule has 0 heterocycles. The molecule has 3 N–H and O–H groups in total. The van der Waals surface area contributed by atoms with Gasteiger partial charge in [-0.1, -0.05) is 28.1 Å². The zero-order valence-corrected chi connectivity index (χ0v) is 18.2. The maximum atomic E-state index is 12.6. The summed E-state index contributed by atoms with van der Waals surface area (Å²) < 4.78 is 6.25. The first-order valence-corrected chi connectivity index (χ1v) is 9.96. The van der Waals surface area contributed by atoms with Gasteiger partial charge in [0.1, 0.15) is 5.75 Å². The second kappa shape index (κ2) is 10.2. The molecule has 0 aromatic heterocycles. The van der Waals surface area contributed by atoms with Crippen LogP contribution in [0, 0.1) is 0 Å². The van der Waals surface area contributed by atoms with Crippen molar-refractivity contribution in [3.8, 4) is 5.75 Å². The Hall–Kier alpha value is -2.45. The minimum Gasteiger partial charge on any atom is -0.493 e. The van der Waals surface area contributed by atoms with Crippen molar-refractivity contribution in [2.75, 3.05) is 11.9 Å². The molecule has 0 saturated heterocycles. The van der Waals surface area contributed by atoms with Crippen LogP contribution in [-0.4, -0.2) is 29.6 Å². The number of nitrogens with one attached hydrogen (secondary N) is 3. The number of hydrogen-bond acceptors (Lipinski definition) is 4. The third kappa shape index (κ3) is 6.03. The zero-order valence-electron chi connectivity index (χ0n) is 15.8. The SMILES string of the molecule is CCOc1ccc(Br)cc1C(=O)NC(=S)Nc1ccccc1C(=O)NC(C)C. The molecule has 0 bridgehead atoms. The Morgan fingerprint density at radius 3 is 2.50 bits per heavy atom. The number of para-hydroxylation sites is 1. The van der Waals surface area contributed by atoms with Crippen LogP contribution in [0.5, 0.6) is 5.75 Å². The Morgan fingerprint density at radius 1 is 1.11 bits per heavy atom. The smallest absolute Gasteiger partial charge is 0.261 e. The Balaban J connectivity index is 2.14. The first kappa shape index (κ1) is 21.8. The average molecular weight is 464 g/mol. The number of amides is 2. The summed E-state index contributed by atoms with van der Waals surface area (Å²) in [6, 6.07) is 12.1. The molecule has 0 aliphatic heterocycles. The Kier molecular flexibility index (Phi) is 7.95. The van der Waals surface area contributed by atoms with E-state index in [1.807, 2.05) is 20.8 Å². The third-order valence-electron chi connectivity index (χ3n) is 3.55. The van der Waals surface area contributed by atoms with Gasteiger partial charge in [0.05, 0.1) is 23.4 Å². The number of ether oxygens (including phenoxy) is 1. The van der Waals surface area contributed by atoms with Crippen LogP contribution in [0.25, 0.3) is 0 Å². The molecule has 6 nitrogen and oxygen atoms in total. The second-order valence-electron chi connectivity index (χ2n) is 6.16. The molecule has 0 unspecified atom stereocenters. The normalized spacial score (nSPS) is 10.3. The molecule has 28 heavy (non-hydrogen) atoms. The standard InChI is InChI=1S/C20H22BrN3O3S/c1-4-27-17-10-9-13(21)11-15(17)19(26)24-20(28)23-16-8-6-5-7-14(16)18(25)22-12(2)3/h5-12H,4H2,1-3H3,(H,22,25)(H2,23,24,26,28). The maximum Gasteiger partial charge on any atom is 0.261 e. The number of carbonyl (C=O) groups excluding carboxylic acids is 2. The first-order valence-electron chi connectivity index (χ1n) is 8.76. The molecule has 2 rings (SSSR count). The predicted octanol–water partition coefficient (Wildman–Crippen LogP) is 4.11. The lowest BCUT2D eigenvalue weighted by Gasteiger charge is -2.15. The molecule has 2 aromatic carbocycles. The van der Waals surface area contributed by atoms with Crippen molar-refractivity contribution in [1.82, 2.24) is 10.6 Å². The third-order valence-corrected chi connectivity index (χ3v) is 4.25. The molecule has 0 aliphatic rings. The highest BCUT2D eigenvalue weighted by Crippen LogP contribution is 2.23. The molecule has 0 aliphatic carbocycles. The van der Waals surface area contributed by atoms with Crippen LogP contribution in [-0.2, 0) is 0 Å². The van der Waals surface area contributed by atoms with E-state index in [2.05, 4.69) is 31.9 Å². The van der Waals surface area contributed by atoms with Gasteiger partial charge in [0, 0.05) is 10.5 Å². The summed E-state index contributed by atoms with van der Waals surface area (Å²) in [5, 5.41) is 8.46. The van der Waals surface area contributed by atoms with Crippen LogP contribution in [0.15, 0.2) is 46.9 Å². The molecule has 148 valence electrons. The van der Waals surface area contributed by atoms with E-state index in [-0.39, 0.29) is 17.1 Å². The Bertz CT molecular complexity index is 887. The number of thiocarbonyl (C=S) groups is 1. The summed E-state index contributed by atoms with van der Waals surface area (Å²) >= 11 is 8.61. The van der Waals surface area contributed by atoms with Gasteiger partial charge in [-0.2, -0.15) is 0 Å². The second-order valence-corrected chi connectivity index (χ2v) is 7.48. The van der Waals surface area contributed by atoms with Crippen LogP contribution in [0.1, 0.15) is 41.5 Å². The first-order chi connectivity index (χ1) is 13.3. The van der Waals surface area contributed by atoms with Gasteiger partial charge in [-0.15, -0.1) is 0 Å². The summed E-state index contributed by atoms with van der Waals surface area (Å²) in [4.78, 5) is 25.0. The Morgan fingerprint density at radius 2 is 1.82 bits per heavy atom. The number of halogens is 1. The van der Waals surface area contributed by atoms with Crippen LogP contribution in [0.2, 0.25) is 0 Å². The fraction of sp³-hybridized carbons (Fsp3) is 0.250. The topological polar surface area (TPSA) is 79.5 Å². The van der Waals surface area contributed by atoms with Crippen LogP contribution < -0.4 is 20.7 Å². The number of benzene rings is 2. The van der Waals surface area contributed by atoms with Gasteiger partial charge in [-0.25, -0.2) is 0 Å². The van der Waals surface area contributed by atoms with Crippen LogP contribution in [0.3, 0.4) is 0 Å². The van der Waals surface area contributed by atoms with E-state index < -0.39 is 5.91 Å². The largest absolute Gasteiger partial charge is 0.493 e. The van der Waals surface area contributed by atoms with Crippen molar-refractivity contribution in [2.24, 2.45) is 0 Å². The van der Waals surface area contributed by atoms with E-state index in [9.17, 15) is 9.59 Å². The molecular formula is C20H22BrN3O3S. The van der Waals surface area contributed by atoms with E-state index in [4.69, 9.17) is 17.0 Å². The van der Waals surface area contributed by atoms with Gasteiger partial charge in [0.15, 0.2) is 5.11 Å². The number of carbonyl (C=O) groups is 2. The van der Waals surface area contributed by atoms with Gasteiger partial charge in [-0.05, 0) is 63.3 Å². The molecule has 2 aromatic rings. The fourth-order valence-electron chi connectivity index (χ4n) is 2.42. The summed E-state index contributed by atoms with van der Waals surface area (Å²) in [5.41, 5.74) is 1.29. The highest BCUT2D eigenvalue weighted by molar-refractivity contribution is 9.10. The minimum atomic E-state index is -0.411. The van der Waals surface area contributed by atoms with Crippen molar-refractivity contribution >= 4 is 50.8 Å². The summed E-state index contributed by atoms with van der Waals surface area (Å²) in [7, 11) is 0. The summed E-state index contributed by atoms with van der Waals surface area (Å²) in [6.45, 7) is 6.04. The van der Waals surface area contributed by atoms with E-state index >= 15 is 0 Å². The van der Waals surface area contributed by atoms with Gasteiger partial charge < -0.3 is 15.4 Å². The quantitative estimate of drug-likeness (QED) is 0.561. The Labute approximate surface area is 178 Å². The van der Waals surface area contributed by atoms with Crippen molar-refractivity contribution in [3.05, 3.63) is 58.1 Å².